The summed E-state index contributed by atoms with van der Waals surface area (Å²) in [6.45, 7) is 0. The first-order valence-corrected chi connectivity index (χ1v) is 8.50. The third-order valence-corrected chi connectivity index (χ3v) is 4.38. The van der Waals surface area contributed by atoms with E-state index in [2.05, 4.69) is 10.3 Å². The molecule has 0 aliphatic heterocycles. The topological polar surface area (TPSA) is 37.8 Å². The second-order valence-electron chi connectivity index (χ2n) is 5.53. The molecule has 0 saturated carbocycles. The van der Waals surface area contributed by atoms with E-state index in [1.54, 1.807) is 12.1 Å². The quantitative estimate of drug-likeness (QED) is 0.459. The summed E-state index contributed by atoms with van der Waals surface area (Å²) in [4.78, 5) is 9.32. The average molecular weight is 366 g/mol. The van der Waals surface area contributed by atoms with E-state index in [0.717, 1.165) is 22.2 Å². The van der Waals surface area contributed by atoms with Gasteiger partial charge in [0.1, 0.15) is 0 Å². The van der Waals surface area contributed by atoms with Crippen LogP contribution in [0.4, 0.5) is 11.6 Å². The van der Waals surface area contributed by atoms with E-state index in [4.69, 9.17) is 28.2 Å². The van der Waals surface area contributed by atoms with Gasteiger partial charge in [-0.15, -0.1) is 0 Å². The Morgan fingerprint density at radius 1 is 0.760 bits per heavy atom. The predicted octanol–water partition coefficient (Wildman–Crippen LogP) is 6.35. The summed E-state index contributed by atoms with van der Waals surface area (Å²) in [6, 6.07) is 23.3. The Labute approximate surface area is 155 Å². The van der Waals surface area contributed by atoms with Crippen LogP contribution in [0.5, 0.6) is 0 Å². The summed E-state index contributed by atoms with van der Waals surface area (Å²) in [6.07, 6.45) is 0. The molecule has 0 amide bonds. The molecule has 0 aliphatic carbocycles. The van der Waals surface area contributed by atoms with E-state index < -0.39 is 0 Å². The largest absolute Gasteiger partial charge is 0.323 e. The molecule has 0 fully saturated rings. The molecule has 0 saturated heterocycles. The second-order valence-corrected chi connectivity index (χ2v) is 6.37. The van der Waals surface area contributed by atoms with Crippen LogP contribution in [0, 0.1) is 0 Å². The van der Waals surface area contributed by atoms with Crippen LogP contribution in [0.2, 0.25) is 10.0 Å². The van der Waals surface area contributed by atoms with Gasteiger partial charge >= 0.3 is 0 Å². The summed E-state index contributed by atoms with van der Waals surface area (Å²) >= 11 is 12.2. The minimum absolute atomic E-state index is 0.488. The number of fused-ring (bicyclic) bond motifs is 1. The molecular weight excluding hydrogens is 353 g/mol. The monoisotopic (exact) mass is 365 g/mol. The Balaban J connectivity index is 1.85. The minimum atomic E-state index is 0.488. The Hall–Kier alpha value is -2.62. The van der Waals surface area contributed by atoms with Crippen molar-refractivity contribution in [2.24, 2.45) is 0 Å². The number of anilines is 2. The minimum Gasteiger partial charge on any atom is -0.323 e. The number of hydrogen-bond donors (Lipinski definition) is 1. The SMILES string of the molecule is Clc1ccc(Nc2nc(-c3ccccc3)c3ccccc3n2)c(Cl)c1. The zero-order valence-corrected chi connectivity index (χ0v) is 14.6. The maximum atomic E-state index is 6.25. The Kier molecular flexibility index (Phi) is 4.26. The Morgan fingerprint density at radius 2 is 1.52 bits per heavy atom. The molecule has 0 spiro atoms. The zero-order valence-electron chi connectivity index (χ0n) is 13.1. The van der Waals surface area contributed by atoms with Crippen molar-refractivity contribution in [3.8, 4) is 11.3 Å². The third kappa shape index (κ3) is 3.29. The molecule has 4 aromatic rings. The molecule has 0 atom stereocenters. The Morgan fingerprint density at radius 3 is 2.32 bits per heavy atom. The molecule has 0 unspecified atom stereocenters. The van der Waals surface area contributed by atoms with Crippen molar-refractivity contribution < 1.29 is 0 Å². The van der Waals surface area contributed by atoms with Crippen LogP contribution in [0.3, 0.4) is 0 Å². The molecule has 1 heterocycles. The van der Waals surface area contributed by atoms with Crippen molar-refractivity contribution in [1.29, 1.82) is 0 Å². The van der Waals surface area contributed by atoms with Gasteiger partial charge in [0, 0.05) is 16.0 Å². The van der Waals surface area contributed by atoms with Gasteiger partial charge in [-0.1, -0.05) is 71.7 Å². The van der Waals surface area contributed by atoms with Crippen LogP contribution in [0.25, 0.3) is 22.2 Å². The van der Waals surface area contributed by atoms with Gasteiger partial charge in [-0.05, 0) is 24.3 Å². The van der Waals surface area contributed by atoms with Gasteiger partial charge in [0.05, 0.1) is 21.9 Å². The summed E-state index contributed by atoms with van der Waals surface area (Å²) < 4.78 is 0. The Bertz CT molecular complexity index is 1050. The van der Waals surface area contributed by atoms with Gasteiger partial charge in [-0.3, -0.25) is 0 Å². The lowest BCUT2D eigenvalue weighted by Gasteiger charge is -2.11. The molecule has 3 nitrogen and oxygen atoms in total. The molecule has 5 heteroatoms. The first kappa shape index (κ1) is 15.9. The molecule has 1 N–H and O–H groups in total. The molecule has 25 heavy (non-hydrogen) atoms. The molecule has 0 bridgehead atoms. The van der Waals surface area contributed by atoms with Crippen LogP contribution in [0.1, 0.15) is 0 Å². The van der Waals surface area contributed by atoms with Crippen molar-refractivity contribution in [3.05, 3.63) is 82.8 Å². The highest BCUT2D eigenvalue weighted by Gasteiger charge is 2.11. The third-order valence-electron chi connectivity index (χ3n) is 3.83. The summed E-state index contributed by atoms with van der Waals surface area (Å²) in [7, 11) is 0. The second kappa shape index (κ2) is 6.71. The van der Waals surface area contributed by atoms with Crippen molar-refractivity contribution in [2.75, 3.05) is 5.32 Å². The van der Waals surface area contributed by atoms with E-state index in [-0.39, 0.29) is 0 Å². The van der Waals surface area contributed by atoms with E-state index in [0.29, 0.717) is 21.7 Å². The maximum absolute atomic E-state index is 6.25. The average Bonchev–Trinajstić information content (AvgIpc) is 2.64. The number of halogens is 2. The number of para-hydroxylation sites is 1. The number of nitrogens with zero attached hydrogens (tertiary/aromatic N) is 2. The standard InChI is InChI=1S/C20H13Cl2N3/c21-14-10-11-18(16(22)12-14)24-20-23-17-9-5-4-8-15(17)19(25-20)13-6-2-1-3-7-13/h1-12H,(H,23,24,25). The first-order chi connectivity index (χ1) is 12.2. The molecule has 0 radical (unpaired) electrons. The fraction of sp³-hybridized carbons (Fsp3) is 0. The van der Waals surface area contributed by atoms with Crippen molar-refractivity contribution in [2.45, 2.75) is 0 Å². The smallest absolute Gasteiger partial charge is 0.228 e. The number of rotatable bonds is 3. The number of aromatic nitrogens is 2. The van der Waals surface area contributed by atoms with Crippen LogP contribution >= 0.6 is 23.2 Å². The lowest BCUT2D eigenvalue weighted by atomic mass is 10.1. The fourth-order valence-electron chi connectivity index (χ4n) is 2.66. The number of nitrogens with one attached hydrogen (secondary N) is 1. The highest BCUT2D eigenvalue weighted by atomic mass is 35.5. The van der Waals surface area contributed by atoms with Crippen molar-refractivity contribution in [3.63, 3.8) is 0 Å². The summed E-state index contributed by atoms with van der Waals surface area (Å²) in [5, 5.41) is 5.29. The molecular formula is C20H13Cl2N3. The fourth-order valence-corrected chi connectivity index (χ4v) is 3.12. The normalized spacial score (nSPS) is 10.8. The van der Waals surface area contributed by atoms with Crippen LogP contribution in [-0.4, -0.2) is 9.97 Å². The van der Waals surface area contributed by atoms with E-state index in [9.17, 15) is 0 Å². The van der Waals surface area contributed by atoms with Crippen LogP contribution < -0.4 is 5.32 Å². The van der Waals surface area contributed by atoms with Gasteiger partial charge in [0.2, 0.25) is 5.95 Å². The lowest BCUT2D eigenvalue weighted by Crippen LogP contribution is -2.00. The number of benzene rings is 3. The highest BCUT2D eigenvalue weighted by Crippen LogP contribution is 2.30. The number of hydrogen-bond acceptors (Lipinski definition) is 3. The maximum Gasteiger partial charge on any atom is 0.228 e. The van der Waals surface area contributed by atoms with Crippen molar-refractivity contribution >= 4 is 45.7 Å². The molecule has 1 aromatic heterocycles. The van der Waals surface area contributed by atoms with Gasteiger partial charge in [-0.2, -0.15) is 0 Å². The van der Waals surface area contributed by atoms with Gasteiger partial charge in [0.15, 0.2) is 0 Å². The molecule has 3 aromatic carbocycles. The molecule has 122 valence electrons. The van der Waals surface area contributed by atoms with Crippen LogP contribution in [0.15, 0.2) is 72.8 Å². The first-order valence-electron chi connectivity index (χ1n) is 7.75. The molecule has 4 rings (SSSR count). The summed E-state index contributed by atoms with van der Waals surface area (Å²) in [5.74, 6) is 0.488. The summed E-state index contributed by atoms with van der Waals surface area (Å²) in [5.41, 5.74) is 3.48. The van der Waals surface area contributed by atoms with E-state index in [1.807, 2.05) is 60.7 Å². The van der Waals surface area contributed by atoms with E-state index >= 15 is 0 Å². The van der Waals surface area contributed by atoms with Gasteiger partial charge < -0.3 is 5.32 Å². The van der Waals surface area contributed by atoms with Gasteiger partial charge in [-0.25, -0.2) is 9.97 Å². The van der Waals surface area contributed by atoms with Crippen LogP contribution in [-0.2, 0) is 0 Å². The predicted molar refractivity (Wildman–Crippen MR) is 105 cm³/mol. The zero-order chi connectivity index (χ0) is 17.2. The molecule has 0 aliphatic rings. The highest BCUT2D eigenvalue weighted by molar-refractivity contribution is 6.36. The van der Waals surface area contributed by atoms with E-state index in [1.165, 1.54) is 0 Å². The lowest BCUT2D eigenvalue weighted by molar-refractivity contribution is 1.22. The van der Waals surface area contributed by atoms with Crippen molar-refractivity contribution in [1.82, 2.24) is 9.97 Å². The van der Waals surface area contributed by atoms with Gasteiger partial charge in [0.25, 0.3) is 0 Å².